The van der Waals surface area contributed by atoms with Gasteiger partial charge in [0.1, 0.15) is 0 Å². The van der Waals surface area contributed by atoms with Crippen molar-refractivity contribution in [3.63, 3.8) is 0 Å². The molecule has 0 radical (unpaired) electrons. The van der Waals surface area contributed by atoms with Gasteiger partial charge in [-0.15, -0.1) is 11.3 Å². The Hall–Kier alpha value is -0.970. The maximum absolute atomic E-state index is 5.65. The maximum Gasteiger partial charge on any atom is 0.0954 e. The molecule has 1 saturated carbocycles. The number of thiazole rings is 1. The highest BCUT2D eigenvalue weighted by atomic mass is 32.1. The van der Waals surface area contributed by atoms with Crippen LogP contribution in [-0.4, -0.2) is 11.0 Å². The highest BCUT2D eigenvalue weighted by molar-refractivity contribution is 7.18. The van der Waals surface area contributed by atoms with E-state index in [1.165, 1.54) is 29.0 Å². The van der Waals surface area contributed by atoms with Crippen LogP contribution in [0.2, 0.25) is 0 Å². The van der Waals surface area contributed by atoms with Gasteiger partial charge < -0.3 is 0 Å². The van der Waals surface area contributed by atoms with Crippen LogP contribution < -0.4 is 11.3 Å². The molecule has 0 saturated heterocycles. The van der Waals surface area contributed by atoms with E-state index in [1.807, 2.05) is 6.07 Å². The Bertz CT molecular complexity index is 471. The molecule has 0 bridgehead atoms. The summed E-state index contributed by atoms with van der Waals surface area (Å²) in [5.74, 6) is 6.39. The molecule has 1 atom stereocenters. The third kappa shape index (κ3) is 2.20. The van der Waals surface area contributed by atoms with Crippen molar-refractivity contribution in [3.05, 3.63) is 29.3 Å². The molecule has 2 aromatic rings. The predicted molar refractivity (Wildman–Crippen MR) is 71.8 cm³/mol. The summed E-state index contributed by atoms with van der Waals surface area (Å²) in [7, 11) is 0. The largest absolute Gasteiger partial charge is 0.271 e. The second-order valence-corrected chi connectivity index (χ2v) is 5.86. The maximum atomic E-state index is 5.65. The Morgan fingerprint density at radius 3 is 2.88 bits per heavy atom. The van der Waals surface area contributed by atoms with Crippen LogP contribution in [0.15, 0.2) is 24.3 Å². The van der Waals surface area contributed by atoms with Crippen molar-refractivity contribution in [2.45, 2.75) is 31.7 Å². The van der Waals surface area contributed by atoms with Crippen LogP contribution in [-0.2, 0) is 6.42 Å². The minimum Gasteiger partial charge on any atom is -0.271 e. The zero-order chi connectivity index (χ0) is 11.7. The van der Waals surface area contributed by atoms with E-state index >= 15 is 0 Å². The van der Waals surface area contributed by atoms with Crippen molar-refractivity contribution in [3.8, 4) is 0 Å². The Labute approximate surface area is 105 Å². The number of hydrazine groups is 1. The summed E-state index contributed by atoms with van der Waals surface area (Å²) in [6, 6.07) is 8.70. The minimum absolute atomic E-state index is 0.393. The van der Waals surface area contributed by atoms with Crippen LogP contribution in [0.1, 0.15) is 24.3 Å². The monoisotopic (exact) mass is 247 g/mol. The summed E-state index contributed by atoms with van der Waals surface area (Å²) in [4.78, 5) is 4.66. The zero-order valence-electron chi connectivity index (χ0n) is 9.73. The summed E-state index contributed by atoms with van der Waals surface area (Å²) in [6.07, 6.45) is 4.92. The lowest BCUT2D eigenvalue weighted by molar-refractivity contribution is 0.228. The molecule has 90 valence electrons. The third-order valence-electron chi connectivity index (χ3n) is 3.67. The van der Waals surface area contributed by atoms with E-state index in [-0.39, 0.29) is 0 Å². The number of benzene rings is 1. The lowest BCUT2D eigenvalue weighted by Crippen LogP contribution is -2.44. The molecule has 3 nitrogen and oxygen atoms in total. The first-order chi connectivity index (χ1) is 8.36. The summed E-state index contributed by atoms with van der Waals surface area (Å²) >= 11 is 1.79. The number of nitrogens with two attached hydrogens (primary N) is 1. The van der Waals surface area contributed by atoms with Gasteiger partial charge in [-0.25, -0.2) is 4.98 Å². The van der Waals surface area contributed by atoms with Crippen LogP contribution in [0.3, 0.4) is 0 Å². The molecule has 0 aliphatic heterocycles. The standard InChI is InChI=1S/C13H17N3S/c14-16-11(9-4-3-5-9)8-13-15-10-6-1-2-7-12(10)17-13/h1-2,6-7,9,11,16H,3-5,8,14H2. The van der Waals surface area contributed by atoms with Crippen LogP contribution >= 0.6 is 11.3 Å². The van der Waals surface area contributed by atoms with Gasteiger partial charge >= 0.3 is 0 Å². The van der Waals surface area contributed by atoms with Crippen molar-refractivity contribution < 1.29 is 0 Å². The fourth-order valence-corrected chi connectivity index (χ4v) is 3.42. The topological polar surface area (TPSA) is 50.9 Å². The van der Waals surface area contributed by atoms with Crippen molar-refractivity contribution in [2.24, 2.45) is 11.8 Å². The molecule has 0 amide bonds. The van der Waals surface area contributed by atoms with Gasteiger partial charge in [-0.3, -0.25) is 11.3 Å². The van der Waals surface area contributed by atoms with E-state index in [1.54, 1.807) is 11.3 Å². The first-order valence-corrected chi connectivity index (χ1v) is 6.99. The van der Waals surface area contributed by atoms with Crippen molar-refractivity contribution in [1.29, 1.82) is 0 Å². The fraction of sp³-hybridized carbons (Fsp3) is 0.462. The molecule has 0 spiro atoms. The van der Waals surface area contributed by atoms with Gasteiger partial charge in [-0.2, -0.15) is 0 Å². The smallest absolute Gasteiger partial charge is 0.0954 e. The number of aromatic nitrogens is 1. The van der Waals surface area contributed by atoms with Gasteiger partial charge in [0.2, 0.25) is 0 Å². The van der Waals surface area contributed by atoms with Gasteiger partial charge in [-0.1, -0.05) is 18.6 Å². The molecule has 3 N–H and O–H groups in total. The molecule has 1 fully saturated rings. The average Bonchev–Trinajstić information content (AvgIpc) is 2.67. The molecular weight excluding hydrogens is 230 g/mol. The highest BCUT2D eigenvalue weighted by Gasteiger charge is 2.27. The first kappa shape index (κ1) is 11.1. The summed E-state index contributed by atoms with van der Waals surface area (Å²) in [5.41, 5.74) is 4.07. The highest BCUT2D eigenvalue weighted by Crippen LogP contribution is 2.32. The Kier molecular flexibility index (Phi) is 3.09. The number of nitrogens with one attached hydrogen (secondary N) is 1. The van der Waals surface area contributed by atoms with Crippen molar-refractivity contribution >= 4 is 21.6 Å². The van der Waals surface area contributed by atoms with E-state index in [0.717, 1.165) is 17.9 Å². The van der Waals surface area contributed by atoms with E-state index in [4.69, 9.17) is 5.84 Å². The number of rotatable bonds is 4. The first-order valence-electron chi connectivity index (χ1n) is 6.17. The second-order valence-electron chi connectivity index (χ2n) is 4.74. The second kappa shape index (κ2) is 4.72. The summed E-state index contributed by atoms with van der Waals surface area (Å²) < 4.78 is 1.27. The van der Waals surface area contributed by atoms with Crippen LogP contribution in [0.4, 0.5) is 0 Å². The molecule has 1 aliphatic carbocycles. The SMILES string of the molecule is NNC(Cc1nc2ccccc2s1)C1CCC1. The van der Waals surface area contributed by atoms with E-state index in [2.05, 4.69) is 28.6 Å². The zero-order valence-corrected chi connectivity index (χ0v) is 10.5. The van der Waals surface area contributed by atoms with Crippen LogP contribution in [0.25, 0.3) is 10.2 Å². The van der Waals surface area contributed by atoms with E-state index in [9.17, 15) is 0 Å². The minimum atomic E-state index is 0.393. The molecular formula is C13H17N3S. The molecule has 1 aromatic carbocycles. The van der Waals surface area contributed by atoms with Gasteiger partial charge in [0, 0.05) is 12.5 Å². The average molecular weight is 247 g/mol. The van der Waals surface area contributed by atoms with E-state index < -0.39 is 0 Å². The van der Waals surface area contributed by atoms with Gasteiger partial charge in [0.25, 0.3) is 0 Å². The lowest BCUT2D eigenvalue weighted by atomic mass is 9.79. The van der Waals surface area contributed by atoms with E-state index in [0.29, 0.717) is 6.04 Å². The Balaban J connectivity index is 1.78. The lowest BCUT2D eigenvalue weighted by Gasteiger charge is -2.32. The Morgan fingerprint density at radius 1 is 1.41 bits per heavy atom. The number of hydrogen-bond acceptors (Lipinski definition) is 4. The molecule has 17 heavy (non-hydrogen) atoms. The number of nitrogens with zero attached hydrogens (tertiary/aromatic N) is 1. The normalized spacial score (nSPS) is 18.2. The molecule has 1 unspecified atom stereocenters. The van der Waals surface area contributed by atoms with Crippen molar-refractivity contribution in [2.75, 3.05) is 0 Å². The van der Waals surface area contributed by atoms with Crippen molar-refractivity contribution in [1.82, 2.24) is 10.4 Å². The van der Waals surface area contributed by atoms with Gasteiger partial charge in [0.05, 0.1) is 15.2 Å². The summed E-state index contributed by atoms with van der Waals surface area (Å²) in [5, 5.41) is 1.20. The molecule has 1 aliphatic rings. The van der Waals surface area contributed by atoms with Gasteiger partial charge in [0.15, 0.2) is 0 Å². The third-order valence-corrected chi connectivity index (χ3v) is 4.72. The number of hydrogen-bond donors (Lipinski definition) is 2. The summed E-state index contributed by atoms with van der Waals surface area (Å²) in [6.45, 7) is 0. The number of para-hydroxylation sites is 1. The van der Waals surface area contributed by atoms with Crippen LogP contribution in [0, 0.1) is 5.92 Å². The number of fused-ring (bicyclic) bond motifs is 1. The molecule has 3 rings (SSSR count). The Morgan fingerprint density at radius 2 is 2.24 bits per heavy atom. The molecule has 4 heteroatoms. The van der Waals surface area contributed by atoms with Gasteiger partial charge in [-0.05, 0) is 30.9 Å². The van der Waals surface area contributed by atoms with Crippen LogP contribution in [0.5, 0.6) is 0 Å². The predicted octanol–water partition coefficient (Wildman–Crippen LogP) is 2.47. The molecule has 1 aromatic heterocycles. The fourth-order valence-electron chi connectivity index (χ4n) is 2.40. The quantitative estimate of drug-likeness (QED) is 0.644. The molecule has 1 heterocycles.